The molecule has 8 nitrogen and oxygen atoms in total. The zero-order chi connectivity index (χ0) is 62.3. The van der Waals surface area contributed by atoms with Crippen molar-refractivity contribution < 1.29 is 14.5 Å². The van der Waals surface area contributed by atoms with E-state index in [0.717, 1.165) is 151 Å². The van der Waals surface area contributed by atoms with Crippen LogP contribution in [-0.2, 0) is 24.4 Å². The SMILES string of the molecule is CCCCCCn1c(/C=C/C2=[N+](CCCCCC)C(=C3/C(=O)C(c4ccc(/C=C/c5ccc(/C=C/c6ccc(N(CCCC)CCCC)cc6)n5CCCCCC)n4CCCCCC)=C3[O-])/C=C2)ccc1/C=C/c1ccc(N(CCCC)CCCC)cc1. The maximum atomic E-state index is 14.8. The summed E-state index contributed by atoms with van der Waals surface area (Å²) in [5.74, 6) is -0.293. The summed E-state index contributed by atoms with van der Waals surface area (Å²) < 4.78 is 9.39. The maximum absolute atomic E-state index is 14.8. The Morgan fingerprint density at radius 1 is 0.375 bits per heavy atom. The van der Waals surface area contributed by atoms with Gasteiger partial charge in [-0.25, -0.2) is 0 Å². The van der Waals surface area contributed by atoms with Gasteiger partial charge in [0.15, 0.2) is 0 Å². The summed E-state index contributed by atoms with van der Waals surface area (Å²) in [5, 5.41) is 14.8. The van der Waals surface area contributed by atoms with Gasteiger partial charge < -0.3 is 28.6 Å². The van der Waals surface area contributed by atoms with Gasteiger partial charge in [0.1, 0.15) is 6.54 Å². The van der Waals surface area contributed by atoms with Crippen molar-refractivity contribution in [2.24, 2.45) is 0 Å². The van der Waals surface area contributed by atoms with E-state index >= 15 is 0 Å². The predicted octanol–water partition coefficient (Wildman–Crippen LogP) is 20.4. The second kappa shape index (κ2) is 37.9. The molecule has 0 saturated heterocycles. The molecule has 0 spiro atoms. The number of carbonyl (C=O) groups excluding carboxylic acids is 1. The van der Waals surface area contributed by atoms with Crippen molar-refractivity contribution in [1.29, 1.82) is 0 Å². The van der Waals surface area contributed by atoms with E-state index in [1.54, 1.807) is 0 Å². The third-order valence-electron chi connectivity index (χ3n) is 17.9. The highest BCUT2D eigenvalue weighted by Gasteiger charge is 2.38. The molecule has 0 unspecified atom stereocenters. The molecule has 474 valence electrons. The standard InChI is InChI=1S/C80H112N6O2/c1-9-17-25-29-61-83-69(43-37-65-33-39-67(40-34-65)81(57-21-13-5)58-22-14-6)45-47-71(83)49-51-73-53-55-75(85(73)63-31-27-19-11-3)77-79(87)78(80(77)88)76-56-54-74(86(76)64-32-28-20-12-4)52-50-72-48-46-70(84(72)62-30-26-18-10-2)44-38-66-35-41-68(42-36-66)82(59-23-15-7)60-24-16-8/h33-56H,9-32,57-64H2,1-8H3. The lowest BCUT2D eigenvalue weighted by atomic mass is 9.84. The highest BCUT2D eigenvalue weighted by molar-refractivity contribution is 6.39. The fourth-order valence-electron chi connectivity index (χ4n) is 12.4. The summed E-state index contributed by atoms with van der Waals surface area (Å²) in [6, 6.07) is 31.3. The van der Waals surface area contributed by atoms with Gasteiger partial charge in [0.25, 0.3) is 0 Å². The second-order valence-electron chi connectivity index (χ2n) is 24.8. The number of unbranched alkanes of at least 4 members (excludes halogenated alkanes) is 16. The third-order valence-corrected chi connectivity index (χ3v) is 17.9. The third kappa shape index (κ3) is 19.6. The molecule has 0 saturated carbocycles. The molecule has 1 aliphatic carbocycles. The van der Waals surface area contributed by atoms with Gasteiger partial charge in [-0.2, -0.15) is 4.58 Å². The number of nitrogens with zero attached hydrogens (tertiary/aromatic N) is 6. The molecule has 7 rings (SSSR count). The molecule has 0 atom stereocenters. The van der Waals surface area contributed by atoms with Crippen LogP contribution in [0.15, 0.2) is 120 Å². The Labute approximate surface area is 533 Å². The average Bonchev–Trinajstić information content (AvgIpc) is 2.78. The Balaban J connectivity index is 1.17. The van der Waals surface area contributed by atoms with E-state index in [1.807, 2.05) is 12.1 Å². The predicted molar refractivity (Wildman–Crippen MR) is 381 cm³/mol. The number of carbonyl (C=O) groups is 1. The number of hydrogen-bond acceptors (Lipinski definition) is 4. The van der Waals surface area contributed by atoms with E-state index in [0.29, 0.717) is 11.1 Å². The molecule has 1 aliphatic heterocycles. The van der Waals surface area contributed by atoms with Crippen molar-refractivity contribution in [1.82, 2.24) is 13.7 Å². The first-order valence-corrected chi connectivity index (χ1v) is 35.3. The fourth-order valence-corrected chi connectivity index (χ4v) is 12.4. The van der Waals surface area contributed by atoms with Gasteiger partial charge in [-0.05, 0) is 154 Å². The molecule has 5 aromatic rings. The molecule has 4 heterocycles. The van der Waals surface area contributed by atoms with Crippen LogP contribution >= 0.6 is 0 Å². The Kier molecular flexibility index (Phi) is 29.6. The lowest BCUT2D eigenvalue weighted by Crippen LogP contribution is -2.33. The molecule has 2 aromatic carbocycles. The average molecular weight is 1190 g/mol. The van der Waals surface area contributed by atoms with Crippen molar-refractivity contribution >= 4 is 71.0 Å². The van der Waals surface area contributed by atoms with E-state index in [-0.39, 0.29) is 11.5 Å². The van der Waals surface area contributed by atoms with Gasteiger partial charge in [-0.3, -0.25) is 4.79 Å². The number of allylic oxidation sites excluding steroid dienone is 5. The topological polar surface area (TPSA) is 64.4 Å². The summed E-state index contributed by atoms with van der Waals surface area (Å²) in [4.78, 5) is 19.9. The summed E-state index contributed by atoms with van der Waals surface area (Å²) in [6.45, 7) is 25.9. The van der Waals surface area contributed by atoms with E-state index in [1.165, 1.54) is 124 Å². The number of benzene rings is 2. The maximum Gasteiger partial charge on any atom is 0.216 e. The summed E-state index contributed by atoms with van der Waals surface area (Å²) in [6.07, 6.45) is 49.9. The molecule has 0 N–H and O–H groups in total. The molecule has 2 aliphatic rings. The number of aromatic nitrogens is 3. The minimum atomic E-state index is -0.147. The first-order valence-electron chi connectivity index (χ1n) is 35.3. The van der Waals surface area contributed by atoms with Crippen molar-refractivity contribution in [3.05, 3.63) is 165 Å². The molecule has 3 aromatic heterocycles. The van der Waals surface area contributed by atoms with Crippen LogP contribution in [0, 0.1) is 0 Å². The van der Waals surface area contributed by atoms with Crippen LogP contribution in [0.4, 0.5) is 11.4 Å². The largest absolute Gasteiger partial charge is 0.871 e. The van der Waals surface area contributed by atoms with E-state index in [2.05, 4.69) is 217 Å². The van der Waals surface area contributed by atoms with Gasteiger partial charge in [0.2, 0.25) is 17.2 Å². The highest BCUT2D eigenvalue weighted by atomic mass is 16.3. The molecule has 0 radical (unpaired) electrons. The van der Waals surface area contributed by atoms with Gasteiger partial charge in [-0.15, -0.1) is 0 Å². The monoisotopic (exact) mass is 1190 g/mol. The molecular weight excluding hydrogens is 1080 g/mol. The number of ketones is 1. The Morgan fingerprint density at radius 3 is 1.15 bits per heavy atom. The molecule has 0 amide bonds. The van der Waals surface area contributed by atoms with Crippen LogP contribution < -0.4 is 14.9 Å². The zero-order valence-electron chi connectivity index (χ0n) is 56.0. The van der Waals surface area contributed by atoms with Crippen LogP contribution in [-0.4, -0.2) is 62.5 Å². The van der Waals surface area contributed by atoms with E-state index in [9.17, 15) is 9.90 Å². The number of anilines is 2. The second-order valence-corrected chi connectivity index (χ2v) is 24.8. The molecular formula is C80H112N6O2. The first kappa shape index (κ1) is 68.7. The van der Waals surface area contributed by atoms with Crippen LogP contribution in [0.25, 0.3) is 48.1 Å². The van der Waals surface area contributed by atoms with Crippen molar-refractivity contribution in [3.63, 3.8) is 0 Å². The van der Waals surface area contributed by atoms with Crippen LogP contribution in [0.2, 0.25) is 0 Å². The Hall–Kier alpha value is -6.80. The van der Waals surface area contributed by atoms with Crippen molar-refractivity contribution in [3.8, 4) is 0 Å². The lowest BCUT2D eigenvalue weighted by Gasteiger charge is -2.31. The van der Waals surface area contributed by atoms with Crippen LogP contribution in [0.1, 0.15) is 255 Å². The number of Topliss-reactive ketones (excluding diaryl/α,β-unsaturated/α-hetero) is 1. The van der Waals surface area contributed by atoms with Crippen LogP contribution in [0.3, 0.4) is 0 Å². The van der Waals surface area contributed by atoms with Gasteiger partial charge in [0.05, 0.1) is 11.3 Å². The van der Waals surface area contributed by atoms with Crippen molar-refractivity contribution in [2.45, 2.75) is 229 Å². The molecule has 8 heteroatoms. The number of rotatable bonds is 43. The van der Waals surface area contributed by atoms with Crippen molar-refractivity contribution in [2.75, 3.05) is 42.5 Å². The molecule has 88 heavy (non-hydrogen) atoms. The van der Waals surface area contributed by atoms with Crippen LogP contribution in [0.5, 0.6) is 0 Å². The number of hydrogen-bond donors (Lipinski definition) is 0. The Bertz CT molecular complexity index is 3140. The lowest BCUT2D eigenvalue weighted by molar-refractivity contribution is -0.469. The zero-order valence-corrected chi connectivity index (χ0v) is 56.0. The van der Waals surface area contributed by atoms with E-state index < -0.39 is 0 Å². The molecule has 0 fully saturated rings. The summed E-state index contributed by atoms with van der Waals surface area (Å²) >= 11 is 0. The minimum Gasteiger partial charge on any atom is -0.871 e. The van der Waals surface area contributed by atoms with Gasteiger partial charge in [0, 0.05) is 116 Å². The molecule has 0 bridgehead atoms. The first-order chi connectivity index (χ1) is 43.2. The van der Waals surface area contributed by atoms with E-state index in [4.69, 9.17) is 0 Å². The quantitative estimate of drug-likeness (QED) is 0.0222. The fraction of sp³-hybridized carbons (Fsp3) is 0.500. The highest BCUT2D eigenvalue weighted by Crippen LogP contribution is 2.39. The summed E-state index contributed by atoms with van der Waals surface area (Å²) in [7, 11) is 0. The smallest absolute Gasteiger partial charge is 0.216 e. The minimum absolute atomic E-state index is 0.147. The van der Waals surface area contributed by atoms with Gasteiger partial charge in [-0.1, -0.05) is 194 Å². The summed E-state index contributed by atoms with van der Waals surface area (Å²) in [5.41, 5.74) is 13.8. The Morgan fingerprint density at radius 2 is 0.739 bits per heavy atom. The normalized spacial score (nSPS) is 14.5. The van der Waals surface area contributed by atoms with Gasteiger partial charge >= 0.3 is 0 Å².